The molecule has 1 aromatic heterocycles. The number of nitrogens with one attached hydrogen (secondary N) is 1. The van der Waals surface area contributed by atoms with Crippen molar-refractivity contribution in [1.29, 1.82) is 5.26 Å². The van der Waals surface area contributed by atoms with Crippen LogP contribution in [0.3, 0.4) is 0 Å². The molecular formula is C14H20N4OS. The summed E-state index contributed by atoms with van der Waals surface area (Å²) in [4.78, 5) is 3.05. The second-order valence-corrected chi connectivity index (χ2v) is 6.38. The maximum absolute atomic E-state index is 9.12. The minimum atomic E-state index is 0.569. The molecule has 0 unspecified atom stereocenters. The molecule has 0 amide bonds. The van der Waals surface area contributed by atoms with E-state index in [-0.39, 0.29) is 0 Å². The number of nitriles is 1. The van der Waals surface area contributed by atoms with Crippen LogP contribution in [0.5, 0.6) is 0 Å². The maximum Gasteiger partial charge on any atom is 0.130 e. The molecule has 0 spiro atoms. The van der Waals surface area contributed by atoms with Gasteiger partial charge in [0.1, 0.15) is 10.9 Å². The van der Waals surface area contributed by atoms with Gasteiger partial charge in [-0.05, 0) is 18.8 Å². The summed E-state index contributed by atoms with van der Waals surface area (Å²) in [5.41, 5.74) is 7.98. The maximum atomic E-state index is 9.12. The van der Waals surface area contributed by atoms with Gasteiger partial charge in [0.05, 0.1) is 23.9 Å². The van der Waals surface area contributed by atoms with E-state index in [0.29, 0.717) is 16.5 Å². The largest absolute Gasteiger partial charge is 0.397 e. The fourth-order valence-corrected chi connectivity index (χ4v) is 3.63. The van der Waals surface area contributed by atoms with E-state index in [1.54, 1.807) is 0 Å². The lowest BCUT2D eigenvalue weighted by Gasteiger charge is -2.26. The zero-order chi connectivity index (χ0) is 13.9. The van der Waals surface area contributed by atoms with Crippen LogP contribution in [0.4, 0.5) is 10.7 Å². The van der Waals surface area contributed by atoms with E-state index in [2.05, 4.69) is 16.3 Å². The Morgan fingerprint density at radius 1 is 1.40 bits per heavy atom. The van der Waals surface area contributed by atoms with Crippen molar-refractivity contribution in [1.82, 2.24) is 4.90 Å². The summed E-state index contributed by atoms with van der Waals surface area (Å²) in [6.07, 6.45) is 2.40. The zero-order valence-electron chi connectivity index (χ0n) is 11.5. The molecule has 6 heteroatoms. The molecule has 3 rings (SSSR count). The molecule has 3 N–H and O–H groups in total. The second kappa shape index (κ2) is 6.00. The molecule has 0 atom stereocenters. The van der Waals surface area contributed by atoms with Gasteiger partial charge in [-0.1, -0.05) is 0 Å². The number of thiophene rings is 1. The van der Waals surface area contributed by atoms with E-state index < -0.39 is 0 Å². The van der Waals surface area contributed by atoms with Crippen LogP contribution in [0.1, 0.15) is 29.2 Å². The van der Waals surface area contributed by atoms with Crippen molar-refractivity contribution >= 4 is 22.0 Å². The van der Waals surface area contributed by atoms with Gasteiger partial charge in [0, 0.05) is 31.7 Å². The van der Waals surface area contributed by atoms with E-state index in [1.807, 2.05) is 0 Å². The third-order valence-corrected chi connectivity index (χ3v) is 4.97. The normalized spacial score (nSPS) is 19.8. The van der Waals surface area contributed by atoms with E-state index in [4.69, 9.17) is 15.7 Å². The summed E-state index contributed by atoms with van der Waals surface area (Å²) >= 11 is 1.50. The van der Waals surface area contributed by atoms with Crippen LogP contribution in [0, 0.1) is 11.3 Å². The van der Waals surface area contributed by atoms with Crippen molar-refractivity contribution in [3.63, 3.8) is 0 Å². The highest BCUT2D eigenvalue weighted by Crippen LogP contribution is 2.50. The highest BCUT2D eigenvalue weighted by atomic mass is 32.1. The number of morpholine rings is 1. The second-order valence-electron chi connectivity index (χ2n) is 5.35. The van der Waals surface area contributed by atoms with Crippen LogP contribution < -0.4 is 11.1 Å². The summed E-state index contributed by atoms with van der Waals surface area (Å²) in [5.74, 6) is 0.569. The number of nitrogen functional groups attached to an aromatic ring is 1. The Balaban J connectivity index is 1.60. The Morgan fingerprint density at radius 2 is 2.15 bits per heavy atom. The number of ether oxygens (including phenoxy) is 1. The summed E-state index contributed by atoms with van der Waals surface area (Å²) in [6, 6.07) is 2.21. The van der Waals surface area contributed by atoms with Gasteiger partial charge >= 0.3 is 0 Å². The van der Waals surface area contributed by atoms with Crippen molar-refractivity contribution in [2.24, 2.45) is 0 Å². The van der Waals surface area contributed by atoms with E-state index in [9.17, 15) is 0 Å². The van der Waals surface area contributed by atoms with Gasteiger partial charge in [0.2, 0.25) is 0 Å². The van der Waals surface area contributed by atoms with Crippen molar-refractivity contribution in [3.05, 3.63) is 10.4 Å². The number of rotatable bonds is 5. The molecule has 1 aliphatic carbocycles. The Bertz CT molecular complexity index is 512. The fraction of sp³-hybridized carbons (Fsp3) is 0.643. The molecular weight excluding hydrogens is 272 g/mol. The number of anilines is 2. The minimum absolute atomic E-state index is 0.569. The van der Waals surface area contributed by atoms with Crippen LogP contribution in [0.25, 0.3) is 0 Å². The van der Waals surface area contributed by atoms with Gasteiger partial charge in [-0.3, -0.25) is 4.90 Å². The first-order valence-electron chi connectivity index (χ1n) is 7.16. The molecule has 2 heterocycles. The number of nitrogens with zero attached hydrogens (tertiary/aromatic N) is 2. The Morgan fingerprint density at radius 3 is 2.80 bits per heavy atom. The minimum Gasteiger partial charge on any atom is -0.397 e. The molecule has 1 saturated carbocycles. The standard InChI is InChI=1S/C14H20N4OS/c15-9-11-13(16)12(10-1-2-10)14(20-11)17-3-4-18-5-7-19-8-6-18/h10,17H,1-8,16H2. The van der Waals surface area contributed by atoms with Crippen molar-refractivity contribution in [2.75, 3.05) is 50.4 Å². The highest BCUT2D eigenvalue weighted by Gasteiger charge is 2.31. The summed E-state index contributed by atoms with van der Waals surface area (Å²) < 4.78 is 5.34. The summed E-state index contributed by atoms with van der Waals surface area (Å²) in [6.45, 7) is 5.58. The topological polar surface area (TPSA) is 74.3 Å². The molecule has 1 aromatic rings. The zero-order valence-corrected chi connectivity index (χ0v) is 12.3. The third-order valence-electron chi connectivity index (χ3n) is 3.89. The van der Waals surface area contributed by atoms with Gasteiger partial charge in [-0.15, -0.1) is 11.3 Å². The Labute approximate surface area is 123 Å². The summed E-state index contributed by atoms with van der Waals surface area (Å²) in [5, 5.41) is 13.7. The predicted octanol–water partition coefficient (Wildman–Crippen LogP) is 1.82. The van der Waals surface area contributed by atoms with Gasteiger partial charge in [-0.2, -0.15) is 5.26 Å². The molecule has 108 valence electrons. The van der Waals surface area contributed by atoms with Crippen molar-refractivity contribution in [2.45, 2.75) is 18.8 Å². The third kappa shape index (κ3) is 2.90. The van der Waals surface area contributed by atoms with Crippen LogP contribution in [-0.2, 0) is 4.74 Å². The molecule has 2 aliphatic rings. The predicted molar refractivity (Wildman–Crippen MR) is 81.2 cm³/mol. The monoisotopic (exact) mass is 292 g/mol. The van der Waals surface area contributed by atoms with Gasteiger partial charge < -0.3 is 15.8 Å². The van der Waals surface area contributed by atoms with Gasteiger partial charge in [-0.25, -0.2) is 0 Å². The smallest absolute Gasteiger partial charge is 0.130 e. The molecule has 0 aromatic carbocycles. The van der Waals surface area contributed by atoms with Crippen LogP contribution >= 0.6 is 11.3 Å². The Hall–Kier alpha value is -1.29. The molecule has 20 heavy (non-hydrogen) atoms. The number of hydrogen-bond acceptors (Lipinski definition) is 6. The lowest BCUT2D eigenvalue weighted by atomic mass is 10.1. The lowest BCUT2D eigenvalue weighted by Crippen LogP contribution is -2.39. The number of nitrogens with two attached hydrogens (primary N) is 1. The van der Waals surface area contributed by atoms with Gasteiger partial charge in [0.25, 0.3) is 0 Å². The fourth-order valence-electron chi connectivity index (χ4n) is 2.60. The average molecular weight is 292 g/mol. The van der Waals surface area contributed by atoms with Crippen LogP contribution in [-0.4, -0.2) is 44.3 Å². The quantitative estimate of drug-likeness (QED) is 0.866. The van der Waals surface area contributed by atoms with E-state index in [1.165, 1.54) is 29.7 Å². The summed E-state index contributed by atoms with van der Waals surface area (Å²) in [7, 11) is 0. The molecule has 1 saturated heterocycles. The Kier molecular flexibility index (Phi) is 4.10. The van der Waals surface area contributed by atoms with E-state index >= 15 is 0 Å². The lowest BCUT2D eigenvalue weighted by molar-refractivity contribution is 0.0398. The molecule has 1 aliphatic heterocycles. The molecule has 2 fully saturated rings. The van der Waals surface area contributed by atoms with Crippen LogP contribution in [0.2, 0.25) is 0 Å². The van der Waals surface area contributed by atoms with Crippen molar-refractivity contribution in [3.8, 4) is 6.07 Å². The first kappa shape index (κ1) is 13.7. The molecule has 0 bridgehead atoms. The SMILES string of the molecule is N#Cc1sc(NCCN2CCOCC2)c(C2CC2)c1N. The molecule has 0 radical (unpaired) electrons. The van der Waals surface area contributed by atoms with E-state index in [0.717, 1.165) is 44.4 Å². The van der Waals surface area contributed by atoms with Gasteiger partial charge in [0.15, 0.2) is 0 Å². The number of hydrogen-bond donors (Lipinski definition) is 2. The van der Waals surface area contributed by atoms with Crippen molar-refractivity contribution < 1.29 is 4.74 Å². The first-order chi connectivity index (χ1) is 9.79. The molecule has 5 nitrogen and oxygen atoms in total. The highest BCUT2D eigenvalue weighted by molar-refractivity contribution is 7.17. The van der Waals surface area contributed by atoms with Crippen LogP contribution in [0.15, 0.2) is 0 Å². The first-order valence-corrected chi connectivity index (χ1v) is 7.97. The average Bonchev–Trinajstić information content (AvgIpc) is 3.25.